The molecule has 21 heavy (non-hydrogen) atoms. The Kier molecular flexibility index (Phi) is 5.30. The molecule has 0 saturated heterocycles. The Morgan fingerprint density at radius 2 is 1.67 bits per heavy atom. The molecule has 1 amide bonds. The second kappa shape index (κ2) is 6.75. The Morgan fingerprint density at radius 3 is 2.00 bits per heavy atom. The van der Waals surface area contributed by atoms with E-state index in [-0.39, 0.29) is 18.1 Å². The molecule has 1 rings (SSSR count). The predicted octanol–water partition coefficient (Wildman–Crippen LogP) is 1.25. The number of nitro benzene ring substituents is 2. The highest BCUT2D eigenvalue weighted by molar-refractivity contribution is 5.95. The van der Waals surface area contributed by atoms with Gasteiger partial charge in [-0.25, -0.2) is 0 Å². The zero-order valence-corrected chi connectivity index (χ0v) is 11.5. The molecule has 0 spiro atoms. The molecule has 9 nitrogen and oxygen atoms in total. The van der Waals surface area contributed by atoms with Gasteiger partial charge < -0.3 is 10.4 Å². The Bertz CT molecular complexity index is 540. The smallest absolute Gasteiger partial charge is 0.277 e. The number of aliphatic hydroxyl groups excluding tert-OH is 1. The van der Waals surface area contributed by atoms with Gasteiger partial charge in [0.05, 0.1) is 34.1 Å². The first-order valence-electron chi connectivity index (χ1n) is 6.11. The fourth-order valence-electron chi connectivity index (χ4n) is 1.61. The van der Waals surface area contributed by atoms with Gasteiger partial charge in [0.25, 0.3) is 17.3 Å². The average Bonchev–Trinajstić information content (AvgIpc) is 2.43. The van der Waals surface area contributed by atoms with Gasteiger partial charge in [-0.1, -0.05) is 13.8 Å². The highest BCUT2D eigenvalue weighted by atomic mass is 16.6. The van der Waals surface area contributed by atoms with Gasteiger partial charge in [0.1, 0.15) is 0 Å². The molecular weight excluding hydrogens is 282 g/mol. The minimum atomic E-state index is -0.810. The summed E-state index contributed by atoms with van der Waals surface area (Å²) in [7, 11) is 0. The monoisotopic (exact) mass is 297 g/mol. The van der Waals surface area contributed by atoms with E-state index in [0.717, 1.165) is 18.2 Å². The summed E-state index contributed by atoms with van der Waals surface area (Å²) in [6.45, 7) is 3.24. The maximum absolute atomic E-state index is 12.0. The number of rotatable bonds is 6. The van der Waals surface area contributed by atoms with E-state index in [0.29, 0.717) is 0 Å². The molecule has 0 aliphatic heterocycles. The van der Waals surface area contributed by atoms with Crippen molar-refractivity contribution in [3.05, 3.63) is 44.0 Å². The first-order valence-corrected chi connectivity index (χ1v) is 6.11. The van der Waals surface area contributed by atoms with E-state index >= 15 is 0 Å². The van der Waals surface area contributed by atoms with Crippen molar-refractivity contribution in [2.45, 2.75) is 19.9 Å². The fraction of sp³-hybridized carbons (Fsp3) is 0.417. The topological polar surface area (TPSA) is 136 Å². The Labute approximate surface area is 119 Å². The first-order chi connectivity index (χ1) is 9.76. The third-order valence-electron chi connectivity index (χ3n) is 2.90. The lowest BCUT2D eigenvalue weighted by Crippen LogP contribution is -2.41. The summed E-state index contributed by atoms with van der Waals surface area (Å²) in [6.07, 6.45) is 0. The van der Waals surface area contributed by atoms with Gasteiger partial charge in [-0.05, 0) is 5.92 Å². The molecule has 0 heterocycles. The number of benzene rings is 1. The number of non-ortho nitro benzene ring substituents is 2. The van der Waals surface area contributed by atoms with Crippen LogP contribution in [0.2, 0.25) is 0 Å². The number of nitrogens with zero attached hydrogens (tertiary/aromatic N) is 2. The average molecular weight is 297 g/mol. The minimum Gasteiger partial charge on any atom is -0.394 e. The number of carbonyl (C=O) groups excluding carboxylic acids is 1. The van der Waals surface area contributed by atoms with Crippen molar-refractivity contribution in [3.8, 4) is 0 Å². The Morgan fingerprint density at radius 1 is 1.19 bits per heavy atom. The van der Waals surface area contributed by atoms with Crippen LogP contribution in [0.1, 0.15) is 24.2 Å². The number of nitro groups is 2. The summed E-state index contributed by atoms with van der Waals surface area (Å²) in [5.74, 6) is -0.776. The van der Waals surface area contributed by atoms with E-state index in [1.807, 2.05) is 0 Å². The largest absolute Gasteiger partial charge is 0.394 e. The molecule has 114 valence electrons. The summed E-state index contributed by atoms with van der Waals surface area (Å²) >= 11 is 0. The van der Waals surface area contributed by atoms with Crippen molar-refractivity contribution in [1.29, 1.82) is 0 Å². The normalized spacial score (nSPS) is 12.0. The summed E-state index contributed by atoms with van der Waals surface area (Å²) in [6, 6.07) is 2.15. The third-order valence-corrected chi connectivity index (χ3v) is 2.90. The quantitative estimate of drug-likeness (QED) is 0.599. The number of carbonyl (C=O) groups is 1. The molecule has 9 heteroatoms. The van der Waals surface area contributed by atoms with Crippen LogP contribution in [0.15, 0.2) is 18.2 Å². The van der Waals surface area contributed by atoms with Gasteiger partial charge in [0.2, 0.25) is 0 Å². The molecule has 0 saturated carbocycles. The predicted molar refractivity (Wildman–Crippen MR) is 72.9 cm³/mol. The summed E-state index contributed by atoms with van der Waals surface area (Å²) in [4.78, 5) is 31.9. The van der Waals surface area contributed by atoms with Crippen LogP contribution < -0.4 is 5.32 Å². The number of amides is 1. The number of nitrogens with one attached hydrogen (secondary N) is 1. The lowest BCUT2D eigenvalue weighted by Gasteiger charge is -2.19. The Hall–Kier alpha value is -2.55. The molecule has 0 radical (unpaired) electrons. The first kappa shape index (κ1) is 16.5. The molecule has 0 unspecified atom stereocenters. The van der Waals surface area contributed by atoms with E-state index in [1.165, 1.54) is 0 Å². The lowest BCUT2D eigenvalue weighted by molar-refractivity contribution is -0.394. The van der Waals surface area contributed by atoms with Gasteiger partial charge in [0, 0.05) is 12.1 Å². The maximum Gasteiger partial charge on any atom is 0.277 e. The van der Waals surface area contributed by atoms with Crippen LogP contribution in [0.25, 0.3) is 0 Å². The second-order valence-electron chi connectivity index (χ2n) is 4.76. The molecule has 1 aromatic carbocycles. The molecule has 0 aliphatic carbocycles. The van der Waals surface area contributed by atoms with Gasteiger partial charge in [-0.15, -0.1) is 0 Å². The zero-order chi connectivity index (χ0) is 16.2. The molecule has 0 bridgehead atoms. The molecule has 2 N–H and O–H groups in total. The van der Waals surface area contributed by atoms with E-state index < -0.39 is 33.2 Å². The van der Waals surface area contributed by atoms with E-state index in [9.17, 15) is 25.0 Å². The van der Waals surface area contributed by atoms with E-state index in [1.54, 1.807) is 13.8 Å². The van der Waals surface area contributed by atoms with Crippen LogP contribution in [0.5, 0.6) is 0 Å². The second-order valence-corrected chi connectivity index (χ2v) is 4.76. The van der Waals surface area contributed by atoms with E-state index in [2.05, 4.69) is 5.32 Å². The molecular formula is C12H15N3O6. The van der Waals surface area contributed by atoms with Crippen molar-refractivity contribution < 1.29 is 19.7 Å². The molecule has 0 fully saturated rings. The molecule has 0 aliphatic rings. The van der Waals surface area contributed by atoms with Crippen molar-refractivity contribution in [2.24, 2.45) is 5.92 Å². The molecule has 0 aromatic heterocycles. The summed E-state index contributed by atoms with van der Waals surface area (Å²) in [5.41, 5.74) is -1.28. The van der Waals surface area contributed by atoms with Crippen LogP contribution in [0, 0.1) is 26.1 Å². The number of hydrogen-bond donors (Lipinski definition) is 2. The van der Waals surface area contributed by atoms with Crippen molar-refractivity contribution >= 4 is 17.3 Å². The van der Waals surface area contributed by atoms with Crippen molar-refractivity contribution in [3.63, 3.8) is 0 Å². The summed E-state index contributed by atoms with van der Waals surface area (Å²) in [5, 5.41) is 33.1. The van der Waals surface area contributed by atoms with E-state index in [4.69, 9.17) is 5.11 Å². The van der Waals surface area contributed by atoms with Gasteiger partial charge in [-0.2, -0.15) is 0 Å². The zero-order valence-electron chi connectivity index (χ0n) is 11.5. The third kappa shape index (κ3) is 4.21. The minimum absolute atomic E-state index is 0.0624. The van der Waals surface area contributed by atoms with Crippen LogP contribution >= 0.6 is 0 Å². The van der Waals surface area contributed by atoms with Crippen LogP contribution in [-0.4, -0.2) is 33.5 Å². The van der Waals surface area contributed by atoms with Crippen LogP contribution in [0.3, 0.4) is 0 Å². The van der Waals surface area contributed by atoms with Gasteiger partial charge in [-0.3, -0.25) is 25.0 Å². The lowest BCUT2D eigenvalue weighted by atomic mass is 10.0. The highest BCUT2D eigenvalue weighted by Crippen LogP contribution is 2.22. The SMILES string of the molecule is CC(C)[C@H](CO)NC(=O)c1cc([N+](=O)[O-])cc([N+](=O)[O-])c1. The van der Waals surface area contributed by atoms with Crippen molar-refractivity contribution in [2.75, 3.05) is 6.61 Å². The number of hydrogen-bond acceptors (Lipinski definition) is 6. The van der Waals surface area contributed by atoms with Crippen LogP contribution in [-0.2, 0) is 0 Å². The van der Waals surface area contributed by atoms with Crippen molar-refractivity contribution in [1.82, 2.24) is 5.32 Å². The van der Waals surface area contributed by atoms with Crippen LogP contribution in [0.4, 0.5) is 11.4 Å². The van der Waals surface area contributed by atoms with Gasteiger partial charge >= 0.3 is 0 Å². The molecule has 1 atom stereocenters. The fourth-order valence-corrected chi connectivity index (χ4v) is 1.61. The maximum atomic E-state index is 12.0. The number of aliphatic hydroxyl groups is 1. The molecule has 1 aromatic rings. The highest BCUT2D eigenvalue weighted by Gasteiger charge is 2.22. The Balaban J connectivity index is 3.14. The standard InChI is InChI=1S/C12H15N3O6/c1-7(2)11(6-16)13-12(17)8-3-9(14(18)19)5-10(4-8)15(20)21/h3-5,7,11,16H,6H2,1-2H3,(H,13,17)/t11-/m0/s1. The van der Waals surface area contributed by atoms with Gasteiger partial charge in [0.15, 0.2) is 0 Å². The summed E-state index contributed by atoms with van der Waals surface area (Å²) < 4.78 is 0.